The molecule has 1 unspecified atom stereocenters. The monoisotopic (exact) mass is 532 g/mol. The number of ether oxygens (including phenoxy) is 4. The van der Waals surface area contributed by atoms with E-state index in [-0.39, 0.29) is 37.5 Å². The van der Waals surface area contributed by atoms with Crippen LogP contribution < -0.4 is 5.32 Å². The van der Waals surface area contributed by atoms with E-state index in [0.717, 1.165) is 17.2 Å². The average Bonchev–Trinajstić information content (AvgIpc) is 3.17. The third-order valence-electron chi connectivity index (χ3n) is 6.99. The summed E-state index contributed by atoms with van der Waals surface area (Å²) in [5.41, 5.74) is 0.848. The van der Waals surface area contributed by atoms with Gasteiger partial charge in [-0.1, -0.05) is 42.0 Å². The second-order valence-corrected chi connectivity index (χ2v) is 10.9. The first kappa shape index (κ1) is 28.6. The maximum Gasteiger partial charge on any atom is 0.252 e. The molecule has 2 fully saturated rings. The van der Waals surface area contributed by atoms with Crippen LogP contribution in [0.1, 0.15) is 43.4 Å². The molecule has 1 aliphatic heterocycles. The Bertz CT molecular complexity index is 1130. The summed E-state index contributed by atoms with van der Waals surface area (Å²) in [7, 11) is 3.87. The van der Waals surface area contributed by atoms with Gasteiger partial charge in [-0.25, -0.2) is 8.78 Å². The van der Waals surface area contributed by atoms with E-state index in [9.17, 15) is 13.6 Å². The van der Waals surface area contributed by atoms with E-state index in [4.69, 9.17) is 18.9 Å². The lowest BCUT2D eigenvalue weighted by atomic mass is 9.78. The van der Waals surface area contributed by atoms with Crippen molar-refractivity contribution in [3.63, 3.8) is 0 Å². The zero-order chi connectivity index (χ0) is 27.5. The van der Waals surface area contributed by atoms with Crippen molar-refractivity contribution in [1.29, 1.82) is 0 Å². The topological polar surface area (TPSA) is 69.3 Å². The highest BCUT2D eigenvalue weighted by atomic mass is 19.2. The van der Waals surface area contributed by atoms with Crippen molar-refractivity contribution in [1.82, 2.24) is 10.2 Å². The van der Waals surface area contributed by atoms with E-state index in [1.54, 1.807) is 13.8 Å². The molecule has 1 N–H and O–H groups in total. The number of benzene rings is 2. The number of nitrogens with zero attached hydrogens (tertiary/aromatic N) is 1. The first-order chi connectivity index (χ1) is 18.0. The summed E-state index contributed by atoms with van der Waals surface area (Å²) in [6, 6.07) is 11.9. The number of carbonyl (C=O) groups is 1. The van der Waals surface area contributed by atoms with Gasteiger partial charge in [-0.15, -0.1) is 0 Å². The highest BCUT2D eigenvalue weighted by molar-refractivity contribution is 5.85. The van der Waals surface area contributed by atoms with Crippen LogP contribution in [0.5, 0.6) is 0 Å². The van der Waals surface area contributed by atoms with Crippen molar-refractivity contribution in [2.75, 3.05) is 27.2 Å². The molecule has 0 spiro atoms. The van der Waals surface area contributed by atoms with Crippen LogP contribution in [0.25, 0.3) is 0 Å². The molecule has 2 aliphatic rings. The molecule has 38 heavy (non-hydrogen) atoms. The van der Waals surface area contributed by atoms with Crippen molar-refractivity contribution in [3.05, 3.63) is 70.8 Å². The van der Waals surface area contributed by atoms with Crippen LogP contribution >= 0.6 is 0 Å². The van der Waals surface area contributed by atoms with Crippen molar-refractivity contribution in [3.8, 4) is 0 Å². The van der Waals surface area contributed by atoms with Crippen LogP contribution in [0.15, 0.2) is 42.5 Å². The minimum atomic E-state index is -1.27. The molecule has 208 valence electrons. The van der Waals surface area contributed by atoms with Crippen molar-refractivity contribution in [2.45, 2.75) is 76.5 Å². The molecular formula is C29H38F2N2O5. The second-order valence-electron chi connectivity index (χ2n) is 10.9. The van der Waals surface area contributed by atoms with E-state index in [0.29, 0.717) is 13.1 Å². The third-order valence-corrected chi connectivity index (χ3v) is 6.99. The Labute approximate surface area is 223 Å². The fourth-order valence-electron chi connectivity index (χ4n) is 5.14. The molecule has 7 nitrogen and oxygen atoms in total. The molecule has 1 heterocycles. The third kappa shape index (κ3) is 6.76. The Morgan fingerprint density at radius 3 is 2.61 bits per heavy atom. The maximum atomic E-state index is 14.4. The molecule has 0 bridgehead atoms. The largest absolute Gasteiger partial charge is 0.370 e. The van der Waals surface area contributed by atoms with E-state index < -0.39 is 41.3 Å². The molecule has 4 rings (SSSR count). The van der Waals surface area contributed by atoms with Gasteiger partial charge in [0.05, 0.1) is 25.4 Å². The Morgan fingerprint density at radius 1 is 1.11 bits per heavy atom. The predicted molar refractivity (Wildman–Crippen MR) is 138 cm³/mol. The summed E-state index contributed by atoms with van der Waals surface area (Å²) >= 11 is 0. The number of halogens is 2. The number of hydrogen-bond donors (Lipinski definition) is 1. The van der Waals surface area contributed by atoms with E-state index in [1.807, 2.05) is 50.2 Å². The lowest BCUT2D eigenvalue weighted by Crippen LogP contribution is -2.60. The highest BCUT2D eigenvalue weighted by Crippen LogP contribution is 2.44. The van der Waals surface area contributed by atoms with Gasteiger partial charge in [0, 0.05) is 31.5 Å². The summed E-state index contributed by atoms with van der Waals surface area (Å²) in [5, 5.41) is 3.02. The molecule has 1 saturated carbocycles. The molecule has 0 aromatic heterocycles. The number of likely N-dealkylation sites (N-methyl/N-ethyl adjacent to an activating group) is 1. The summed E-state index contributed by atoms with van der Waals surface area (Å²) in [5.74, 6) is -3.04. The van der Waals surface area contributed by atoms with Crippen LogP contribution in [0.2, 0.25) is 0 Å². The van der Waals surface area contributed by atoms with Crippen LogP contribution in [-0.2, 0) is 37.0 Å². The number of rotatable bonds is 10. The van der Waals surface area contributed by atoms with Crippen molar-refractivity contribution >= 4 is 5.91 Å². The minimum Gasteiger partial charge on any atom is -0.370 e. The molecular weight excluding hydrogens is 494 g/mol. The molecule has 1 saturated heterocycles. The quantitative estimate of drug-likeness (QED) is 0.497. The molecule has 2 aromatic carbocycles. The Morgan fingerprint density at radius 2 is 1.87 bits per heavy atom. The molecule has 2 aromatic rings. The van der Waals surface area contributed by atoms with Crippen LogP contribution in [0.4, 0.5) is 8.78 Å². The van der Waals surface area contributed by atoms with Crippen LogP contribution in [-0.4, -0.2) is 67.7 Å². The van der Waals surface area contributed by atoms with Crippen LogP contribution in [0.3, 0.4) is 0 Å². The zero-order valence-electron chi connectivity index (χ0n) is 22.8. The summed E-state index contributed by atoms with van der Waals surface area (Å²) in [4.78, 5) is 15.7. The van der Waals surface area contributed by atoms with Gasteiger partial charge in [-0.3, -0.25) is 4.79 Å². The van der Waals surface area contributed by atoms with Gasteiger partial charge >= 0.3 is 0 Å². The minimum absolute atomic E-state index is 0.0898. The van der Waals surface area contributed by atoms with E-state index in [1.165, 1.54) is 12.1 Å². The SMILES string of the molecule is Cc1cccc(CO[C@]2(C(=O)NCCN(C)C)CC(OCc3cccc(F)c3F)[C@@H]3OC(C)(C)O[C@@H]3C2)c1. The predicted octanol–water partition coefficient (Wildman–Crippen LogP) is 4.11. The number of carbonyl (C=O) groups excluding carboxylic acids is 1. The number of aryl methyl sites for hydroxylation is 1. The van der Waals surface area contributed by atoms with Gasteiger partial charge in [-0.05, 0) is 46.5 Å². The Hall–Kier alpha value is -2.43. The first-order valence-corrected chi connectivity index (χ1v) is 13.0. The van der Waals surface area contributed by atoms with Gasteiger partial charge < -0.3 is 29.2 Å². The summed E-state index contributed by atoms with van der Waals surface area (Å²) in [6.45, 7) is 6.75. The molecule has 4 atom stereocenters. The number of amides is 1. The van der Waals surface area contributed by atoms with Gasteiger partial charge in [0.2, 0.25) is 0 Å². The number of fused-ring (bicyclic) bond motifs is 1. The van der Waals surface area contributed by atoms with E-state index in [2.05, 4.69) is 5.32 Å². The van der Waals surface area contributed by atoms with Crippen LogP contribution in [0, 0.1) is 18.6 Å². The fourth-order valence-corrected chi connectivity index (χ4v) is 5.14. The normalized spacial score (nSPS) is 26.4. The molecule has 9 heteroatoms. The van der Waals surface area contributed by atoms with Gasteiger partial charge in [-0.2, -0.15) is 0 Å². The first-order valence-electron chi connectivity index (χ1n) is 13.0. The Balaban J connectivity index is 1.61. The van der Waals surface area contributed by atoms with E-state index >= 15 is 0 Å². The van der Waals surface area contributed by atoms with Crippen molar-refractivity contribution in [2.24, 2.45) is 0 Å². The zero-order valence-corrected chi connectivity index (χ0v) is 22.8. The highest BCUT2D eigenvalue weighted by Gasteiger charge is 2.58. The maximum absolute atomic E-state index is 14.4. The molecule has 1 aliphatic carbocycles. The summed E-state index contributed by atoms with van der Waals surface area (Å²) < 4.78 is 53.1. The smallest absolute Gasteiger partial charge is 0.252 e. The Kier molecular flexibility index (Phi) is 8.84. The molecule has 0 radical (unpaired) electrons. The van der Waals surface area contributed by atoms with Gasteiger partial charge in [0.25, 0.3) is 5.91 Å². The van der Waals surface area contributed by atoms with Gasteiger partial charge in [0.1, 0.15) is 6.10 Å². The lowest BCUT2D eigenvalue weighted by molar-refractivity contribution is -0.183. The molecule has 1 amide bonds. The fraction of sp³-hybridized carbons (Fsp3) is 0.552. The van der Waals surface area contributed by atoms with Crippen molar-refractivity contribution < 1.29 is 32.5 Å². The number of hydrogen-bond acceptors (Lipinski definition) is 6. The van der Waals surface area contributed by atoms with Gasteiger partial charge in [0.15, 0.2) is 23.0 Å². The average molecular weight is 533 g/mol. The lowest BCUT2D eigenvalue weighted by Gasteiger charge is -2.43. The standard InChI is InChI=1S/C29H38F2N2O5/c1-19-8-6-9-20(14-19)17-36-29(27(34)32-12-13-33(4)5)15-23(26-24(16-29)37-28(2,3)38-26)35-18-21-10-7-11-22(30)25(21)31/h6-11,14,23-24,26H,12-13,15-18H2,1-5H3,(H,32,34)/t23?,24-,26+,29-/m1/s1. The second kappa shape index (κ2) is 11.8. The number of nitrogens with one attached hydrogen (secondary N) is 1. The summed E-state index contributed by atoms with van der Waals surface area (Å²) in [6.07, 6.45) is -1.20.